The summed E-state index contributed by atoms with van der Waals surface area (Å²) in [5, 5.41) is 0. The predicted molar refractivity (Wildman–Crippen MR) is 90.4 cm³/mol. The number of hydrogen-bond acceptors (Lipinski definition) is 5. The number of benzene rings is 1. The van der Waals surface area contributed by atoms with Gasteiger partial charge in [-0.15, -0.1) is 11.3 Å². The predicted octanol–water partition coefficient (Wildman–Crippen LogP) is 1.70. The summed E-state index contributed by atoms with van der Waals surface area (Å²) in [5.74, 6) is 0. The van der Waals surface area contributed by atoms with E-state index in [0.29, 0.717) is 5.56 Å². The maximum Gasteiger partial charge on any atom is 0.250 e. The van der Waals surface area contributed by atoms with Gasteiger partial charge in [-0.1, -0.05) is 19.1 Å². The molecular formula is C14H18N2O4S3. The van der Waals surface area contributed by atoms with Gasteiger partial charge in [0.05, 0.1) is 4.90 Å². The smallest absolute Gasteiger partial charge is 0.214 e. The Morgan fingerprint density at radius 1 is 1.04 bits per heavy atom. The van der Waals surface area contributed by atoms with E-state index in [-0.39, 0.29) is 15.6 Å². The third-order valence-electron chi connectivity index (χ3n) is 3.19. The van der Waals surface area contributed by atoms with E-state index in [9.17, 15) is 16.8 Å². The molecule has 0 aliphatic heterocycles. The Balaban J connectivity index is 2.16. The highest BCUT2D eigenvalue weighted by Crippen LogP contribution is 2.22. The van der Waals surface area contributed by atoms with Gasteiger partial charge in [0.15, 0.2) is 0 Å². The van der Waals surface area contributed by atoms with Gasteiger partial charge < -0.3 is 0 Å². The van der Waals surface area contributed by atoms with Gasteiger partial charge in [0.1, 0.15) is 4.21 Å². The molecule has 2 rings (SSSR count). The molecule has 1 aromatic heterocycles. The van der Waals surface area contributed by atoms with Gasteiger partial charge in [0.25, 0.3) is 0 Å². The van der Waals surface area contributed by atoms with Crippen LogP contribution in [0.3, 0.4) is 0 Å². The van der Waals surface area contributed by atoms with Gasteiger partial charge in [0.2, 0.25) is 20.0 Å². The van der Waals surface area contributed by atoms with Crippen LogP contribution < -0.4 is 9.44 Å². The number of nitrogens with one attached hydrogen (secondary N) is 2. The SMILES string of the molecule is CCc1ccc(S(=O)(=O)NCc2cccc(S(=O)(=O)NC)c2)s1. The number of hydrogen-bond donors (Lipinski definition) is 2. The summed E-state index contributed by atoms with van der Waals surface area (Å²) in [4.78, 5) is 1.09. The topological polar surface area (TPSA) is 92.3 Å². The Morgan fingerprint density at radius 2 is 1.78 bits per heavy atom. The molecule has 0 unspecified atom stereocenters. The lowest BCUT2D eigenvalue weighted by Gasteiger charge is -2.07. The van der Waals surface area contributed by atoms with Crippen molar-refractivity contribution in [2.24, 2.45) is 0 Å². The third-order valence-corrected chi connectivity index (χ3v) is 7.73. The molecule has 0 amide bonds. The quantitative estimate of drug-likeness (QED) is 0.771. The van der Waals surface area contributed by atoms with Crippen molar-refractivity contribution in [1.82, 2.24) is 9.44 Å². The summed E-state index contributed by atoms with van der Waals surface area (Å²) in [5.41, 5.74) is 0.567. The van der Waals surface area contributed by atoms with Crippen LogP contribution in [0.4, 0.5) is 0 Å². The standard InChI is InChI=1S/C14H18N2O4S3/c1-3-12-7-8-14(21-12)23(19,20)16-10-11-5-4-6-13(9-11)22(17,18)15-2/h4-9,15-16H,3,10H2,1-2H3. The summed E-state index contributed by atoms with van der Waals surface area (Å²) in [6.45, 7) is 1.98. The largest absolute Gasteiger partial charge is 0.250 e. The van der Waals surface area contributed by atoms with Crippen LogP contribution in [0.2, 0.25) is 0 Å². The van der Waals surface area contributed by atoms with Crippen molar-refractivity contribution >= 4 is 31.4 Å². The molecule has 0 saturated heterocycles. The zero-order valence-corrected chi connectivity index (χ0v) is 15.2. The molecule has 0 fully saturated rings. The molecule has 2 aromatic rings. The number of sulfonamides is 2. The minimum absolute atomic E-state index is 0.0226. The molecule has 126 valence electrons. The summed E-state index contributed by atoms with van der Waals surface area (Å²) in [6, 6.07) is 9.52. The van der Waals surface area contributed by atoms with Crippen LogP contribution in [0.1, 0.15) is 17.4 Å². The monoisotopic (exact) mass is 374 g/mol. The van der Waals surface area contributed by atoms with E-state index in [1.54, 1.807) is 24.3 Å². The summed E-state index contributed by atoms with van der Waals surface area (Å²) < 4.78 is 53.0. The Hall–Kier alpha value is -1.26. The highest BCUT2D eigenvalue weighted by Gasteiger charge is 2.17. The van der Waals surface area contributed by atoms with Crippen molar-refractivity contribution in [1.29, 1.82) is 0 Å². The van der Waals surface area contributed by atoms with Crippen molar-refractivity contribution in [3.05, 3.63) is 46.8 Å². The summed E-state index contributed by atoms with van der Waals surface area (Å²) >= 11 is 1.23. The molecule has 2 N–H and O–H groups in total. The minimum Gasteiger partial charge on any atom is -0.214 e. The maximum atomic E-state index is 12.2. The van der Waals surface area contributed by atoms with Crippen molar-refractivity contribution in [3.8, 4) is 0 Å². The van der Waals surface area contributed by atoms with Crippen molar-refractivity contribution in [2.45, 2.75) is 29.0 Å². The lowest BCUT2D eigenvalue weighted by atomic mass is 10.2. The number of rotatable bonds is 7. The minimum atomic E-state index is -3.60. The van der Waals surface area contributed by atoms with E-state index in [1.165, 1.54) is 30.5 Å². The lowest BCUT2D eigenvalue weighted by molar-refractivity contribution is 0.583. The molecule has 0 radical (unpaired) electrons. The zero-order valence-electron chi connectivity index (χ0n) is 12.7. The van der Waals surface area contributed by atoms with Crippen molar-refractivity contribution in [3.63, 3.8) is 0 Å². The second kappa shape index (κ2) is 7.10. The molecule has 6 nitrogen and oxygen atoms in total. The molecule has 1 heterocycles. The molecular weight excluding hydrogens is 356 g/mol. The Labute approximate surface area is 140 Å². The van der Waals surface area contributed by atoms with Crippen LogP contribution in [0.15, 0.2) is 45.5 Å². The first-order chi connectivity index (χ1) is 10.8. The Kier molecular flexibility index (Phi) is 5.58. The lowest BCUT2D eigenvalue weighted by Crippen LogP contribution is -2.23. The van der Waals surface area contributed by atoms with E-state index in [0.717, 1.165) is 11.3 Å². The average Bonchev–Trinajstić information content (AvgIpc) is 3.03. The van der Waals surface area contributed by atoms with Crippen LogP contribution in [0.5, 0.6) is 0 Å². The fourth-order valence-electron chi connectivity index (χ4n) is 1.88. The first-order valence-corrected chi connectivity index (χ1v) is 10.7. The van der Waals surface area contributed by atoms with E-state index in [2.05, 4.69) is 9.44 Å². The van der Waals surface area contributed by atoms with Gasteiger partial charge in [-0.2, -0.15) is 0 Å². The number of thiophene rings is 1. The van der Waals surface area contributed by atoms with Crippen LogP contribution >= 0.6 is 11.3 Å². The van der Waals surface area contributed by atoms with E-state index >= 15 is 0 Å². The highest BCUT2D eigenvalue weighted by atomic mass is 32.2. The van der Waals surface area contributed by atoms with Gasteiger partial charge in [-0.05, 0) is 43.3 Å². The molecule has 0 atom stereocenters. The van der Waals surface area contributed by atoms with E-state index < -0.39 is 20.0 Å². The van der Waals surface area contributed by atoms with Gasteiger partial charge in [-0.25, -0.2) is 26.3 Å². The van der Waals surface area contributed by atoms with Gasteiger partial charge in [-0.3, -0.25) is 0 Å². The Morgan fingerprint density at radius 3 is 2.39 bits per heavy atom. The Bertz CT molecular complexity index is 886. The number of aryl methyl sites for hydroxylation is 1. The van der Waals surface area contributed by atoms with Crippen molar-refractivity contribution < 1.29 is 16.8 Å². The molecule has 0 saturated carbocycles. The van der Waals surface area contributed by atoms with Crippen LogP contribution in [-0.2, 0) is 33.0 Å². The van der Waals surface area contributed by atoms with E-state index in [4.69, 9.17) is 0 Å². The highest BCUT2D eigenvalue weighted by molar-refractivity contribution is 7.91. The second-order valence-corrected chi connectivity index (χ2v) is 9.80. The fourth-order valence-corrected chi connectivity index (χ4v) is 5.04. The summed E-state index contributed by atoms with van der Waals surface area (Å²) in [6.07, 6.45) is 0.782. The van der Waals surface area contributed by atoms with Gasteiger partial charge >= 0.3 is 0 Å². The molecule has 23 heavy (non-hydrogen) atoms. The molecule has 0 aliphatic carbocycles. The van der Waals surface area contributed by atoms with E-state index in [1.807, 2.05) is 6.92 Å². The van der Waals surface area contributed by atoms with Gasteiger partial charge in [0, 0.05) is 11.4 Å². The second-order valence-electron chi connectivity index (χ2n) is 4.75. The average molecular weight is 375 g/mol. The molecule has 9 heteroatoms. The first-order valence-electron chi connectivity index (χ1n) is 6.89. The van der Waals surface area contributed by atoms with Crippen LogP contribution in [0, 0.1) is 0 Å². The molecule has 1 aromatic carbocycles. The van der Waals surface area contributed by atoms with Crippen LogP contribution in [0.25, 0.3) is 0 Å². The first kappa shape index (κ1) is 18.1. The zero-order chi connectivity index (χ0) is 17.1. The fraction of sp³-hybridized carbons (Fsp3) is 0.286. The molecule has 0 spiro atoms. The van der Waals surface area contributed by atoms with Crippen molar-refractivity contribution in [2.75, 3.05) is 7.05 Å². The summed E-state index contributed by atoms with van der Waals surface area (Å²) in [7, 11) is -5.82. The maximum absolute atomic E-state index is 12.2. The third kappa shape index (κ3) is 4.39. The van der Waals surface area contributed by atoms with Crippen LogP contribution in [-0.4, -0.2) is 23.9 Å². The molecule has 0 bridgehead atoms. The molecule has 0 aliphatic rings. The normalized spacial score (nSPS) is 12.4.